The zero-order valence-corrected chi connectivity index (χ0v) is 19.2. The SMILES string of the molecule is CCC(C)C(NC(=O)C(CS)NC(=O)C(N)CC(C)C)C(=O)N1CCCC1C(=O)O. The van der Waals surface area contributed by atoms with Crippen LogP contribution in [0.1, 0.15) is 53.4 Å². The summed E-state index contributed by atoms with van der Waals surface area (Å²) in [7, 11) is 0. The molecule has 5 atom stereocenters. The van der Waals surface area contributed by atoms with Crippen LogP contribution < -0.4 is 16.4 Å². The number of nitrogens with one attached hydrogen (secondary N) is 2. The number of hydrogen-bond donors (Lipinski definition) is 5. The Morgan fingerprint density at radius 3 is 2.30 bits per heavy atom. The van der Waals surface area contributed by atoms with E-state index in [0.717, 1.165) is 0 Å². The zero-order valence-electron chi connectivity index (χ0n) is 18.3. The monoisotopic (exact) mass is 444 g/mol. The summed E-state index contributed by atoms with van der Waals surface area (Å²) in [4.78, 5) is 51.0. The van der Waals surface area contributed by atoms with Gasteiger partial charge in [0.25, 0.3) is 0 Å². The number of amides is 3. The standard InChI is InChI=1S/C20H36N4O5S/c1-5-12(4)16(19(27)24-8-6-7-15(24)20(28)29)23-18(26)14(10-30)22-17(25)13(21)9-11(2)3/h11-16,30H,5-10,21H2,1-4H3,(H,22,25)(H,23,26)(H,28,29). The largest absolute Gasteiger partial charge is 0.480 e. The lowest BCUT2D eigenvalue weighted by molar-refractivity contribution is -0.150. The second kappa shape index (κ2) is 12.1. The van der Waals surface area contributed by atoms with Gasteiger partial charge in [-0.3, -0.25) is 14.4 Å². The van der Waals surface area contributed by atoms with Gasteiger partial charge in [0.15, 0.2) is 0 Å². The van der Waals surface area contributed by atoms with E-state index in [9.17, 15) is 24.3 Å². The molecule has 5 N–H and O–H groups in total. The molecule has 1 rings (SSSR count). The van der Waals surface area contributed by atoms with Gasteiger partial charge in [0, 0.05) is 12.3 Å². The van der Waals surface area contributed by atoms with E-state index in [1.807, 2.05) is 27.7 Å². The van der Waals surface area contributed by atoms with Crippen molar-refractivity contribution in [2.24, 2.45) is 17.6 Å². The highest BCUT2D eigenvalue weighted by Gasteiger charge is 2.39. The van der Waals surface area contributed by atoms with E-state index in [1.54, 1.807) is 0 Å². The summed E-state index contributed by atoms with van der Waals surface area (Å²) in [6.07, 6.45) is 2.09. The first kappa shape index (κ1) is 26.2. The molecule has 9 nitrogen and oxygen atoms in total. The molecule has 1 fully saturated rings. The highest BCUT2D eigenvalue weighted by molar-refractivity contribution is 7.80. The second-order valence-corrected chi connectivity index (χ2v) is 8.74. The molecule has 5 unspecified atom stereocenters. The maximum atomic E-state index is 13.1. The topological polar surface area (TPSA) is 142 Å². The lowest BCUT2D eigenvalue weighted by Gasteiger charge is -2.31. The first-order valence-electron chi connectivity index (χ1n) is 10.5. The number of likely N-dealkylation sites (tertiary alicyclic amines) is 1. The molecule has 0 radical (unpaired) electrons. The normalized spacial score (nSPS) is 20.4. The first-order chi connectivity index (χ1) is 14.0. The fraction of sp³-hybridized carbons (Fsp3) is 0.800. The number of nitrogens with two attached hydrogens (primary N) is 1. The Labute approximate surface area is 183 Å². The van der Waals surface area contributed by atoms with Crippen molar-refractivity contribution in [3.63, 3.8) is 0 Å². The van der Waals surface area contributed by atoms with Crippen LogP contribution in [0.4, 0.5) is 0 Å². The second-order valence-electron chi connectivity index (χ2n) is 8.38. The van der Waals surface area contributed by atoms with Gasteiger partial charge in [-0.25, -0.2) is 4.79 Å². The first-order valence-corrected chi connectivity index (χ1v) is 11.2. The van der Waals surface area contributed by atoms with Crippen LogP contribution in [-0.4, -0.2) is 70.2 Å². The number of aliphatic carboxylic acids is 1. The molecule has 0 spiro atoms. The molecule has 30 heavy (non-hydrogen) atoms. The number of carbonyl (C=O) groups is 4. The molecular formula is C20H36N4O5S. The van der Waals surface area contributed by atoms with Crippen molar-refractivity contribution in [1.82, 2.24) is 15.5 Å². The molecule has 1 aliphatic rings. The highest BCUT2D eigenvalue weighted by atomic mass is 32.1. The Balaban J connectivity index is 2.90. The van der Waals surface area contributed by atoms with E-state index in [1.165, 1.54) is 4.90 Å². The van der Waals surface area contributed by atoms with Crippen molar-refractivity contribution in [3.05, 3.63) is 0 Å². The Bertz CT molecular complexity index is 630. The lowest BCUT2D eigenvalue weighted by atomic mass is 9.97. The molecule has 0 aromatic heterocycles. The van der Waals surface area contributed by atoms with E-state index >= 15 is 0 Å². The van der Waals surface area contributed by atoms with Crippen molar-refractivity contribution in [3.8, 4) is 0 Å². The van der Waals surface area contributed by atoms with Gasteiger partial charge in [-0.1, -0.05) is 34.1 Å². The van der Waals surface area contributed by atoms with E-state index < -0.39 is 47.9 Å². The third-order valence-electron chi connectivity index (χ3n) is 5.48. The van der Waals surface area contributed by atoms with Crippen molar-refractivity contribution >= 4 is 36.3 Å². The Hall–Kier alpha value is -1.81. The molecule has 0 aliphatic carbocycles. The smallest absolute Gasteiger partial charge is 0.326 e. The molecule has 0 saturated carbocycles. The summed E-state index contributed by atoms with van der Waals surface area (Å²) in [5.41, 5.74) is 5.88. The van der Waals surface area contributed by atoms with Gasteiger partial charge in [0.05, 0.1) is 6.04 Å². The van der Waals surface area contributed by atoms with Crippen molar-refractivity contribution in [2.75, 3.05) is 12.3 Å². The molecule has 0 aromatic rings. The Morgan fingerprint density at radius 2 is 1.80 bits per heavy atom. The van der Waals surface area contributed by atoms with E-state index in [4.69, 9.17) is 5.73 Å². The van der Waals surface area contributed by atoms with Crippen molar-refractivity contribution in [2.45, 2.75) is 77.5 Å². The number of carbonyl (C=O) groups excluding carboxylic acids is 3. The predicted octanol–water partition coefficient (Wildman–Crippen LogP) is 0.381. The molecular weight excluding hydrogens is 408 g/mol. The molecule has 1 heterocycles. The van der Waals surface area contributed by atoms with Crippen molar-refractivity contribution < 1.29 is 24.3 Å². The van der Waals surface area contributed by atoms with E-state index in [-0.39, 0.29) is 17.6 Å². The fourth-order valence-electron chi connectivity index (χ4n) is 3.49. The third-order valence-corrected chi connectivity index (χ3v) is 5.84. The minimum absolute atomic E-state index is 0.0366. The summed E-state index contributed by atoms with van der Waals surface area (Å²) in [6, 6.07) is -3.46. The van der Waals surface area contributed by atoms with Gasteiger partial charge in [-0.2, -0.15) is 12.6 Å². The number of carboxylic acids is 1. The molecule has 3 amide bonds. The number of rotatable bonds is 11. The maximum Gasteiger partial charge on any atom is 0.326 e. The van der Waals surface area contributed by atoms with E-state index in [2.05, 4.69) is 23.3 Å². The van der Waals surface area contributed by atoms with Gasteiger partial charge < -0.3 is 26.4 Å². The minimum atomic E-state index is -1.05. The summed E-state index contributed by atoms with van der Waals surface area (Å²) in [5, 5.41) is 14.7. The third kappa shape index (κ3) is 7.16. The lowest BCUT2D eigenvalue weighted by Crippen LogP contribution is -2.59. The molecule has 1 aliphatic heterocycles. The maximum absolute atomic E-state index is 13.1. The molecule has 1 saturated heterocycles. The van der Waals surface area contributed by atoms with Gasteiger partial charge in [0.2, 0.25) is 17.7 Å². The molecule has 10 heteroatoms. The average Bonchev–Trinajstić information content (AvgIpc) is 3.18. The zero-order chi connectivity index (χ0) is 23.0. The van der Waals surface area contributed by atoms with Crippen LogP contribution in [-0.2, 0) is 19.2 Å². The Kier molecular flexibility index (Phi) is 10.6. The molecule has 172 valence electrons. The number of carboxylic acid groups (broad SMARTS) is 1. The summed E-state index contributed by atoms with van der Waals surface area (Å²) in [6.45, 7) is 7.94. The fourth-order valence-corrected chi connectivity index (χ4v) is 3.75. The van der Waals surface area contributed by atoms with Crippen LogP contribution in [0.15, 0.2) is 0 Å². The Morgan fingerprint density at radius 1 is 1.17 bits per heavy atom. The van der Waals surface area contributed by atoms with Crippen LogP contribution in [0, 0.1) is 11.8 Å². The van der Waals surface area contributed by atoms with Crippen LogP contribution in [0.25, 0.3) is 0 Å². The number of nitrogens with zero attached hydrogens (tertiary/aromatic N) is 1. The number of hydrogen-bond acceptors (Lipinski definition) is 6. The predicted molar refractivity (Wildman–Crippen MR) is 117 cm³/mol. The average molecular weight is 445 g/mol. The van der Waals surface area contributed by atoms with Gasteiger partial charge in [0.1, 0.15) is 18.1 Å². The van der Waals surface area contributed by atoms with Crippen molar-refractivity contribution in [1.29, 1.82) is 0 Å². The summed E-state index contributed by atoms with van der Waals surface area (Å²) < 4.78 is 0. The minimum Gasteiger partial charge on any atom is -0.480 e. The quantitative estimate of drug-likeness (QED) is 0.292. The van der Waals surface area contributed by atoms with E-state index in [0.29, 0.717) is 32.2 Å². The van der Waals surface area contributed by atoms with Gasteiger partial charge >= 0.3 is 5.97 Å². The van der Waals surface area contributed by atoms with Crippen LogP contribution >= 0.6 is 12.6 Å². The molecule has 0 bridgehead atoms. The summed E-state index contributed by atoms with van der Waals surface area (Å²) in [5.74, 6) is -2.40. The van der Waals surface area contributed by atoms with Crippen LogP contribution in [0.3, 0.4) is 0 Å². The van der Waals surface area contributed by atoms with Crippen LogP contribution in [0.5, 0.6) is 0 Å². The van der Waals surface area contributed by atoms with Gasteiger partial charge in [-0.15, -0.1) is 0 Å². The van der Waals surface area contributed by atoms with Gasteiger partial charge in [-0.05, 0) is 31.1 Å². The summed E-state index contributed by atoms with van der Waals surface area (Å²) >= 11 is 4.16. The highest BCUT2D eigenvalue weighted by Crippen LogP contribution is 2.21. The number of thiol groups is 1. The molecule has 0 aromatic carbocycles. The van der Waals surface area contributed by atoms with Crippen LogP contribution in [0.2, 0.25) is 0 Å².